The number of hydrogen-bond acceptors (Lipinski definition) is 7. The van der Waals surface area contributed by atoms with E-state index in [0.717, 1.165) is 6.07 Å². The maximum Gasteiger partial charge on any atom is 0.433 e. The third-order valence-corrected chi connectivity index (χ3v) is 4.32. The van der Waals surface area contributed by atoms with Crippen LogP contribution in [0, 0.1) is 0 Å². The van der Waals surface area contributed by atoms with E-state index in [1.165, 1.54) is 25.3 Å². The topological polar surface area (TPSA) is 146 Å². The van der Waals surface area contributed by atoms with Crippen LogP contribution in [-0.4, -0.2) is 35.4 Å². The molecule has 0 fully saturated rings. The number of nitrogens with two attached hydrogens (primary N) is 2. The van der Waals surface area contributed by atoms with Crippen molar-refractivity contribution in [1.82, 2.24) is 15.3 Å². The number of pyridine rings is 1. The maximum atomic E-state index is 13.1. The average Bonchev–Trinajstić information content (AvgIpc) is 3.15. The number of nitrogens with zero attached hydrogens (tertiary/aromatic N) is 2. The molecule has 0 aliphatic carbocycles. The van der Waals surface area contributed by atoms with E-state index in [1.807, 2.05) is 0 Å². The van der Waals surface area contributed by atoms with E-state index >= 15 is 0 Å². The number of hydrogen-bond donors (Lipinski definition) is 3. The van der Waals surface area contributed by atoms with Gasteiger partial charge in [-0.3, -0.25) is 9.59 Å². The first kappa shape index (κ1) is 22.0. The van der Waals surface area contributed by atoms with E-state index in [4.69, 9.17) is 20.6 Å². The molecule has 0 aliphatic rings. The molecule has 0 spiro atoms. The average molecular weight is 437 g/mol. The van der Waals surface area contributed by atoms with Crippen LogP contribution in [0.15, 0.2) is 28.7 Å². The summed E-state index contributed by atoms with van der Waals surface area (Å²) < 4.78 is 50.0. The fraction of sp³-hybridized carbons (Fsp3) is 0.263. The van der Waals surface area contributed by atoms with Crippen LogP contribution in [0.2, 0.25) is 0 Å². The first-order valence-electron chi connectivity index (χ1n) is 8.97. The monoisotopic (exact) mass is 437 g/mol. The first-order chi connectivity index (χ1) is 14.7. The molecule has 0 radical (unpaired) electrons. The molecule has 164 valence electrons. The summed E-state index contributed by atoms with van der Waals surface area (Å²) in [7, 11) is 1.31. The summed E-state index contributed by atoms with van der Waals surface area (Å²) in [5.41, 5.74) is 9.73. The van der Waals surface area contributed by atoms with Gasteiger partial charge >= 0.3 is 6.18 Å². The molecule has 1 aromatic carbocycles. The Bertz CT molecular complexity index is 1140. The van der Waals surface area contributed by atoms with E-state index in [1.54, 1.807) is 0 Å². The molecule has 9 nitrogen and oxygen atoms in total. The quantitative estimate of drug-likeness (QED) is 0.512. The lowest BCUT2D eigenvalue weighted by molar-refractivity contribution is -0.141. The minimum absolute atomic E-state index is 0.00399. The molecule has 0 saturated heterocycles. The lowest BCUT2D eigenvalue weighted by Crippen LogP contribution is -2.29. The van der Waals surface area contributed by atoms with Crippen molar-refractivity contribution in [3.05, 3.63) is 41.4 Å². The van der Waals surface area contributed by atoms with Gasteiger partial charge in [0.15, 0.2) is 11.5 Å². The molecule has 3 aromatic rings. The highest BCUT2D eigenvalue weighted by Crippen LogP contribution is 2.36. The Kier molecular flexibility index (Phi) is 6.11. The van der Waals surface area contributed by atoms with Crippen LogP contribution < -0.4 is 21.5 Å². The minimum Gasteiger partial charge on any atom is -0.494 e. The van der Waals surface area contributed by atoms with Crippen molar-refractivity contribution in [3.8, 4) is 17.2 Å². The summed E-state index contributed by atoms with van der Waals surface area (Å²) in [6.07, 6.45) is -4.70. The smallest absolute Gasteiger partial charge is 0.433 e. The highest BCUT2D eigenvalue weighted by molar-refractivity contribution is 5.98. The van der Waals surface area contributed by atoms with Crippen LogP contribution in [0.25, 0.3) is 22.4 Å². The Morgan fingerprint density at radius 1 is 1.19 bits per heavy atom. The van der Waals surface area contributed by atoms with Crippen molar-refractivity contribution in [2.45, 2.75) is 19.1 Å². The van der Waals surface area contributed by atoms with E-state index in [2.05, 4.69) is 15.3 Å². The van der Waals surface area contributed by atoms with Crippen LogP contribution in [0.1, 0.15) is 28.4 Å². The minimum atomic E-state index is -4.64. The SMILES string of the molecule is COc1ccc(-c2nc(C(=O)NCCC(N)=O)c(CN)o2)c2ccc(C(F)(F)F)nc12. The number of alkyl halides is 3. The summed E-state index contributed by atoms with van der Waals surface area (Å²) in [6.45, 7) is -0.161. The fourth-order valence-corrected chi connectivity index (χ4v) is 2.87. The molecule has 5 N–H and O–H groups in total. The van der Waals surface area contributed by atoms with Gasteiger partial charge in [-0.05, 0) is 24.3 Å². The van der Waals surface area contributed by atoms with E-state index in [0.29, 0.717) is 5.56 Å². The zero-order chi connectivity index (χ0) is 22.8. The molecule has 0 atom stereocenters. The number of methoxy groups -OCH3 is 1. The highest BCUT2D eigenvalue weighted by atomic mass is 19.4. The molecule has 2 amide bonds. The zero-order valence-electron chi connectivity index (χ0n) is 16.2. The van der Waals surface area contributed by atoms with Crippen LogP contribution in [0.5, 0.6) is 5.75 Å². The van der Waals surface area contributed by atoms with Crippen molar-refractivity contribution in [3.63, 3.8) is 0 Å². The number of halogens is 3. The summed E-state index contributed by atoms with van der Waals surface area (Å²) in [6, 6.07) is 5.00. The standard InChI is InChI=1S/C19H18F3N5O4/c1-30-11-4-2-10(9-3-5-13(19(20,21)22)26-15(9)11)18-27-16(12(8-23)31-18)17(29)25-7-6-14(24)28/h2-5H,6-8,23H2,1H3,(H2,24,28)(H,25,29). The third kappa shape index (κ3) is 4.58. The third-order valence-electron chi connectivity index (χ3n) is 4.32. The van der Waals surface area contributed by atoms with Crippen molar-refractivity contribution in [2.75, 3.05) is 13.7 Å². The summed E-state index contributed by atoms with van der Waals surface area (Å²) in [4.78, 5) is 31.0. The van der Waals surface area contributed by atoms with Crippen LogP contribution in [-0.2, 0) is 17.5 Å². The highest BCUT2D eigenvalue weighted by Gasteiger charge is 2.33. The van der Waals surface area contributed by atoms with Gasteiger partial charge in [-0.25, -0.2) is 9.97 Å². The van der Waals surface area contributed by atoms with Gasteiger partial charge in [-0.1, -0.05) is 0 Å². The maximum absolute atomic E-state index is 13.1. The molecular formula is C19H18F3N5O4. The largest absolute Gasteiger partial charge is 0.494 e. The Morgan fingerprint density at radius 2 is 1.94 bits per heavy atom. The Hall–Kier alpha value is -3.67. The lowest BCUT2D eigenvalue weighted by Gasteiger charge is -2.11. The number of carbonyl (C=O) groups is 2. The van der Waals surface area contributed by atoms with Gasteiger partial charge < -0.3 is 25.9 Å². The van der Waals surface area contributed by atoms with Crippen LogP contribution in [0.3, 0.4) is 0 Å². The molecule has 0 saturated carbocycles. The van der Waals surface area contributed by atoms with Gasteiger partial charge in [0.05, 0.1) is 13.7 Å². The van der Waals surface area contributed by atoms with E-state index in [9.17, 15) is 22.8 Å². The number of aromatic nitrogens is 2. The van der Waals surface area contributed by atoms with Crippen molar-refractivity contribution in [1.29, 1.82) is 0 Å². The molecule has 0 unspecified atom stereocenters. The normalized spacial score (nSPS) is 11.5. The van der Waals surface area contributed by atoms with Gasteiger partial charge in [0.2, 0.25) is 11.8 Å². The van der Waals surface area contributed by atoms with Gasteiger partial charge in [-0.2, -0.15) is 13.2 Å². The number of primary amides is 1. The number of ether oxygens (including phenoxy) is 1. The van der Waals surface area contributed by atoms with Gasteiger partial charge in [0, 0.05) is 23.9 Å². The molecule has 31 heavy (non-hydrogen) atoms. The number of fused-ring (bicyclic) bond motifs is 1. The Labute approximate surface area is 173 Å². The number of nitrogens with one attached hydrogen (secondary N) is 1. The van der Waals surface area contributed by atoms with Gasteiger partial charge in [-0.15, -0.1) is 0 Å². The molecule has 2 aromatic heterocycles. The zero-order valence-corrected chi connectivity index (χ0v) is 16.2. The molecular weight excluding hydrogens is 419 g/mol. The van der Waals surface area contributed by atoms with Crippen molar-refractivity contribution in [2.24, 2.45) is 11.5 Å². The molecule has 12 heteroatoms. The number of rotatable bonds is 7. The Morgan fingerprint density at radius 3 is 2.55 bits per heavy atom. The Balaban J connectivity index is 2.06. The molecule has 3 rings (SSSR count). The van der Waals surface area contributed by atoms with Crippen LogP contribution in [0.4, 0.5) is 13.2 Å². The predicted molar refractivity (Wildman–Crippen MR) is 103 cm³/mol. The second kappa shape index (κ2) is 8.60. The van der Waals surface area contributed by atoms with E-state index < -0.39 is 23.7 Å². The van der Waals surface area contributed by atoms with Gasteiger partial charge in [0.1, 0.15) is 17.0 Å². The lowest BCUT2D eigenvalue weighted by atomic mass is 10.1. The second-order valence-corrected chi connectivity index (χ2v) is 6.37. The van der Waals surface area contributed by atoms with Crippen molar-refractivity contribution >= 4 is 22.7 Å². The van der Waals surface area contributed by atoms with E-state index in [-0.39, 0.29) is 53.5 Å². The molecule has 0 bridgehead atoms. The predicted octanol–water partition coefficient (Wildman–Crippen LogP) is 1.98. The second-order valence-electron chi connectivity index (χ2n) is 6.37. The molecule has 2 heterocycles. The van der Waals surface area contributed by atoms with Gasteiger partial charge in [0.25, 0.3) is 5.91 Å². The summed E-state index contributed by atoms with van der Waals surface area (Å²) >= 11 is 0. The summed E-state index contributed by atoms with van der Waals surface area (Å²) in [5.74, 6) is -1.06. The van der Waals surface area contributed by atoms with Crippen LogP contribution >= 0.6 is 0 Å². The summed E-state index contributed by atoms with van der Waals surface area (Å²) in [5, 5.41) is 2.75. The van der Waals surface area contributed by atoms with Crippen molar-refractivity contribution < 1.29 is 31.9 Å². The number of oxazole rings is 1. The number of carbonyl (C=O) groups excluding carboxylic acids is 2. The number of amides is 2. The molecule has 0 aliphatic heterocycles. The first-order valence-corrected chi connectivity index (χ1v) is 8.97. The number of benzene rings is 1. The fourth-order valence-electron chi connectivity index (χ4n) is 2.87.